The second-order valence-corrected chi connectivity index (χ2v) is 5.08. The molecule has 2 heterocycles. The molecule has 2 aromatic heterocycles. The summed E-state index contributed by atoms with van der Waals surface area (Å²) in [6.45, 7) is 9.80. The molecular weight excluding hydrogens is 264 g/mol. The lowest BCUT2D eigenvalue weighted by Crippen LogP contribution is -2.11. The minimum Gasteiger partial charge on any atom is -0.370 e. The van der Waals surface area contributed by atoms with Gasteiger partial charge in [-0.3, -0.25) is 4.68 Å². The van der Waals surface area contributed by atoms with Gasteiger partial charge in [0.15, 0.2) is 0 Å². The van der Waals surface area contributed by atoms with Gasteiger partial charge in [0.05, 0.1) is 6.20 Å². The molecular formula is C15H24N6. The van der Waals surface area contributed by atoms with E-state index in [0.29, 0.717) is 6.54 Å². The van der Waals surface area contributed by atoms with Crippen LogP contribution in [0.3, 0.4) is 0 Å². The molecule has 0 fully saturated rings. The molecule has 2 N–H and O–H groups in total. The smallest absolute Gasteiger partial charge is 0.135 e. The molecule has 0 aliphatic rings. The van der Waals surface area contributed by atoms with Gasteiger partial charge in [-0.15, -0.1) is 0 Å². The predicted molar refractivity (Wildman–Crippen MR) is 85.6 cm³/mol. The van der Waals surface area contributed by atoms with Gasteiger partial charge in [0.25, 0.3) is 0 Å². The summed E-state index contributed by atoms with van der Waals surface area (Å²) in [6, 6.07) is 0. The van der Waals surface area contributed by atoms with Crippen LogP contribution >= 0.6 is 0 Å². The third-order valence-corrected chi connectivity index (χ3v) is 3.64. The van der Waals surface area contributed by atoms with Crippen molar-refractivity contribution < 1.29 is 0 Å². The number of hydrogen-bond donors (Lipinski definition) is 2. The molecule has 0 amide bonds. The quantitative estimate of drug-likeness (QED) is 0.854. The maximum absolute atomic E-state index is 4.60. The van der Waals surface area contributed by atoms with Crippen LogP contribution in [0.4, 0.5) is 11.6 Å². The number of anilines is 2. The number of hydrogen-bond acceptors (Lipinski definition) is 5. The average Bonchev–Trinajstić information content (AvgIpc) is 2.80. The first-order valence-corrected chi connectivity index (χ1v) is 7.39. The van der Waals surface area contributed by atoms with Gasteiger partial charge < -0.3 is 10.6 Å². The van der Waals surface area contributed by atoms with Crippen molar-refractivity contribution in [3.8, 4) is 0 Å². The Morgan fingerprint density at radius 3 is 2.29 bits per heavy atom. The van der Waals surface area contributed by atoms with E-state index in [1.54, 1.807) is 0 Å². The van der Waals surface area contributed by atoms with E-state index in [1.807, 2.05) is 24.9 Å². The molecule has 0 atom stereocenters. The Bertz CT molecular complexity index is 617. The van der Waals surface area contributed by atoms with Crippen LogP contribution in [-0.4, -0.2) is 26.3 Å². The number of aromatic nitrogens is 4. The first-order valence-electron chi connectivity index (χ1n) is 7.39. The summed E-state index contributed by atoms with van der Waals surface area (Å²) in [5.74, 6) is 2.65. The van der Waals surface area contributed by atoms with Gasteiger partial charge in [-0.1, -0.05) is 6.92 Å². The first-order chi connectivity index (χ1) is 10.1. The van der Waals surface area contributed by atoms with Gasteiger partial charge in [0.1, 0.15) is 17.5 Å². The number of nitrogens with zero attached hydrogens (tertiary/aromatic N) is 4. The number of rotatable bonds is 6. The van der Waals surface area contributed by atoms with Gasteiger partial charge in [0, 0.05) is 43.4 Å². The maximum atomic E-state index is 4.60. The fourth-order valence-electron chi connectivity index (χ4n) is 2.13. The zero-order valence-electron chi connectivity index (χ0n) is 13.5. The molecule has 0 aliphatic carbocycles. The van der Waals surface area contributed by atoms with Crippen molar-refractivity contribution in [3.63, 3.8) is 0 Å². The molecule has 0 spiro atoms. The highest BCUT2D eigenvalue weighted by Gasteiger charge is 2.11. The summed E-state index contributed by atoms with van der Waals surface area (Å²) in [7, 11) is 1.95. The lowest BCUT2D eigenvalue weighted by atomic mass is 10.2. The Balaban J connectivity index is 2.22. The van der Waals surface area contributed by atoms with Crippen molar-refractivity contribution in [2.24, 2.45) is 7.05 Å². The van der Waals surface area contributed by atoms with E-state index in [9.17, 15) is 0 Å². The van der Waals surface area contributed by atoms with Gasteiger partial charge in [-0.2, -0.15) is 5.10 Å². The molecule has 114 valence electrons. The Morgan fingerprint density at radius 2 is 1.76 bits per heavy atom. The Hall–Kier alpha value is -2.11. The Labute approximate surface area is 126 Å². The highest BCUT2D eigenvalue weighted by molar-refractivity contribution is 5.57. The largest absolute Gasteiger partial charge is 0.370 e. The monoisotopic (exact) mass is 288 g/mol. The average molecular weight is 288 g/mol. The van der Waals surface area contributed by atoms with E-state index in [0.717, 1.165) is 41.7 Å². The standard InChI is InChI=1S/C15H24N6/c1-6-13-19-14(16-7-2)10(3)15(20-13)17-8-12-9-18-21(5)11(12)4/h9H,6-8H2,1-5H3,(H2,16,17,19,20). The van der Waals surface area contributed by atoms with Crippen LogP contribution in [0.25, 0.3) is 0 Å². The molecule has 2 rings (SSSR count). The topological polar surface area (TPSA) is 67.7 Å². The third-order valence-electron chi connectivity index (χ3n) is 3.64. The molecule has 0 unspecified atom stereocenters. The van der Waals surface area contributed by atoms with Crippen LogP contribution < -0.4 is 10.6 Å². The van der Waals surface area contributed by atoms with Gasteiger partial charge in [-0.05, 0) is 20.8 Å². The predicted octanol–water partition coefficient (Wildman–Crippen LogP) is 2.43. The zero-order chi connectivity index (χ0) is 15.4. The summed E-state index contributed by atoms with van der Waals surface area (Å²) in [6.07, 6.45) is 2.71. The Kier molecular flexibility index (Phi) is 4.77. The van der Waals surface area contributed by atoms with Crippen LogP contribution in [0.2, 0.25) is 0 Å². The summed E-state index contributed by atoms with van der Waals surface area (Å²) >= 11 is 0. The molecule has 0 saturated carbocycles. The molecule has 0 saturated heterocycles. The van der Waals surface area contributed by atoms with E-state index >= 15 is 0 Å². The highest BCUT2D eigenvalue weighted by Crippen LogP contribution is 2.21. The molecule has 6 heteroatoms. The molecule has 0 aliphatic heterocycles. The van der Waals surface area contributed by atoms with Crippen LogP contribution in [0.1, 0.15) is 36.5 Å². The van der Waals surface area contributed by atoms with Crippen molar-refractivity contribution in [3.05, 3.63) is 28.8 Å². The van der Waals surface area contributed by atoms with Crippen molar-refractivity contribution in [1.29, 1.82) is 0 Å². The molecule has 0 bridgehead atoms. The first kappa shape index (κ1) is 15.3. The van der Waals surface area contributed by atoms with Gasteiger partial charge in [-0.25, -0.2) is 9.97 Å². The molecule has 0 radical (unpaired) electrons. The minimum atomic E-state index is 0.715. The normalized spacial score (nSPS) is 10.7. The van der Waals surface area contributed by atoms with Crippen molar-refractivity contribution in [2.75, 3.05) is 17.2 Å². The fraction of sp³-hybridized carbons (Fsp3) is 0.533. The SMILES string of the molecule is CCNc1nc(CC)nc(NCc2cnn(C)c2C)c1C. The second kappa shape index (κ2) is 6.56. The van der Waals surface area contributed by atoms with E-state index in [1.165, 1.54) is 5.56 Å². The van der Waals surface area contributed by atoms with Crippen LogP contribution in [0.15, 0.2) is 6.20 Å². The Morgan fingerprint density at radius 1 is 1.10 bits per heavy atom. The summed E-state index contributed by atoms with van der Waals surface area (Å²) < 4.78 is 1.88. The number of aryl methyl sites for hydroxylation is 2. The second-order valence-electron chi connectivity index (χ2n) is 5.08. The molecule has 2 aromatic rings. The highest BCUT2D eigenvalue weighted by atomic mass is 15.3. The van der Waals surface area contributed by atoms with E-state index < -0.39 is 0 Å². The maximum Gasteiger partial charge on any atom is 0.135 e. The van der Waals surface area contributed by atoms with Crippen molar-refractivity contribution >= 4 is 11.6 Å². The third kappa shape index (κ3) is 3.32. The summed E-state index contributed by atoms with van der Waals surface area (Å²) in [4.78, 5) is 9.13. The van der Waals surface area contributed by atoms with Crippen molar-refractivity contribution in [1.82, 2.24) is 19.7 Å². The molecule has 0 aromatic carbocycles. The number of nitrogens with one attached hydrogen (secondary N) is 2. The van der Waals surface area contributed by atoms with Crippen LogP contribution in [-0.2, 0) is 20.0 Å². The lowest BCUT2D eigenvalue weighted by molar-refractivity contribution is 0.738. The summed E-state index contributed by atoms with van der Waals surface area (Å²) in [5.41, 5.74) is 3.39. The van der Waals surface area contributed by atoms with Crippen LogP contribution in [0, 0.1) is 13.8 Å². The molecule has 21 heavy (non-hydrogen) atoms. The van der Waals surface area contributed by atoms with Gasteiger partial charge in [0.2, 0.25) is 0 Å². The van der Waals surface area contributed by atoms with E-state index in [4.69, 9.17) is 0 Å². The van der Waals surface area contributed by atoms with Crippen LogP contribution in [0.5, 0.6) is 0 Å². The lowest BCUT2D eigenvalue weighted by Gasteiger charge is -2.14. The van der Waals surface area contributed by atoms with Gasteiger partial charge >= 0.3 is 0 Å². The minimum absolute atomic E-state index is 0.715. The molecule has 6 nitrogen and oxygen atoms in total. The summed E-state index contributed by atoms with van der Waals surface area (Å²) in [5, 5.41) is 11.0. The fourth-order valence-corrected chi connectivity index (χ4v) is 2.13. The van der Waals surface area contributed by atoms with E-state index in [2.05, 4.69) is 46.5 Å². The van der Waals surface area contributed by atoms with Crippen molar-refractivity contribution in [2.45, 2.75) is 40.7 Å². The zero-order valence-corrected chi connectivity index (χ0v) is 13.5. The van der Waals surface area contributed by atoms with E-state index in [-0.39, 0.29) is 0 Å².